The Labute approximate surface area is 179 Å². The first-order chi connectivity index (χ1) is 14.4. The molecule has 1 aromatic rings. The van der Waals surface area contributed by atoms with Crippen LogP contribution < -0.4 is 10.1 Å². The average Bonchev–Trinajstić information content (AvgIpc) is 2.71. The maximum atomic E-state index is 13.0. The highest BCUT2D eigenvalue weighted by atomic mass is 16.5. The lowest BCUT2D eigenvalue weighted by Crippen LogP contribution is -2.56. The Morgan fingerprint density at radius 3 is 2.87 bits per heavy atom. The number of benzene rings is 1. The van der Waals surface area contributed by atoms with Crippen molar-refractivity contribution in [1.82, 2.24) is 10.2 Å². The topological polar surface area (TPSA) is 71.0 Å². The van der Waals surface area contributed by atoms with Crippen molar-refractivity contribution in [3.05, 3.63) is 29.8 Å². The van der Waals surface area contributed by atoms with Crippen LogP contribution in [0, 0.1) is 17.8 Å². The summed E-state index contributed by atoms with van der Waals surface area (Å²) in [6.45, 7) is 9.29. The molecule has 2 bridgehead atoms. The third-order valence-corrected chi connectivity index (χ3v) is 7.07. The van der Waals surface area contributed by atoms with Gasteiger partial charge in [0, 0.05) is 31.2 Å². The molecule has 1 saturated heterocycles. The van der Waals surface area contributed by atoms with E-state index in [0.717, 1.165) is 64.3 Å². The van der Waals surface area contributed by atoms with Gasteiger partial charge in [-0.3, -0.25) is 9.69 Å². The van der Waals surface area contributed by atoms with Crippen LogP contribution in [0.3, 0.4) is 0 Å². The van der Waals surface area contributed by atoms with Crippen molar-refractivity contribution in [2.24, 2.45) is 17.8 Å². The predicted molar refractivity (Wildman–Crippen MR) is 116 cm³/mol. The van der Waals surface area contributed by atoms with E-state index >= 15 is 0 Å². The molecule has 6 heteroatoms. The summed E-state index contributed by atoms with van der Waals surface area (Å²) in [5.41, 5.74) is 0.0905. The molecule has 2 N–H and O–H groups in total. The third kappa shape index (κ3) is 5.16. The number of carbonyl (C=O) groups excluding carboxylic acids is 1. The van der Waals surface area contributed by atoms with Crippen LogP contribution in [0.15, 0.2) is 24.3 Å². The number of aliphatic hydroxyl groups is 1. The number of carbonyl (C=O) groups is 1. The van der Waals surface area contributed by atoms with Crippen molar-refractivity contribution in [3.63, 3.8) is 0 Å². The number of amides is 1. The molecule has 3 aliphatic rings. The zero-order chi connectivity index (χ0) is 21.1. The first kappa shape index (κ1) is 21.6. The predicted octanol–water partition coefficient (Wildman–Crippen LogP) is 2.70. The molecule has 0 spiro atoms. The minimum Gasteiger partial charge on any atom is -0.492 e. The largest absolute Gasteiger partial charge is 0.492 e. The van der Waals surface area contributed by atoms with Gasteiger partial charge in [0.25, 0.3) is 5.91 Å². The molecule has 1 aromatic carbocycles. The molecule has 2 aliphatic carbocycles. The average molecular weight is 417 g/mol. The van der Waals surface area contributed by atoms with E-state index in [0.29, 0.717) is 24.0 Å². The van der Waals surface area contributed by atoms with E-state index in [1.807, 2.05) is 24.3 Å². The molecule has 1 amide bonds. The summed E-state index contributed by atoms with van der Waals surface area (Å²) in [6.07, 6.45) is 3.53. The van der Waals surface area contributed by atoms with Gasteiger partial charge in [0.2, 0.25) is 0 Å². The van der Waals surface area contributed by atoms with E-state index in [1.165, 1.54) is 0 Å². The first-order valence-electron chi connectivity index (χ1n) is 11.5. The number of nitrogens with one attached hydrogen (secondary N) is 1. The zero-order valence-corrected chi connectivity index (χ0v) is 18.3. The van der Waals surface area contributed by atoms with Crippen molar-refractivity contribution in [2.75, 3.05) is 39.5 Å². The lowest BCUT2D eigenvalue weighted by molar-refractivity contribution is -0.0916. The van der Waals surface area contributed by atoms with E-state index in [2.05, 4.69) is 24.1 Å². The standard InChI is InChI=1S/C24H36N2O4/c1-17-12-20-16-24(28,14-17)15-18(2)22(20)25-23(27)19-4-3-5-21(13-19)30-11-8-26-6-9-29-10-7-26/h3-5,13,17-18,20,22,28H,6-12,14-16H2,1-2H3,(H,25,27). The maximum Gasteiger partial charge on any atom is 0.251 e. The molecular formula is C24H36N2O4. The van der Waals surface area contributed by atoms with Gasteiger partial charge in [-0.15, -0.1) is 0 Å². The van der Waals surface area contributed by atoms with Crippen LogP contribution in [0.4, 0.5) is 0 Å². The summed E-state index contributed by atoms with van der Waals surface area (Å²) in [6, 6.07) is 7.58. The fourth-order valence-corrected chi connectivity index (χ4v) is 5.87. The fourth-order valence-electron chi connectivity index (χ4n) is 5.87. The lowest BCUT2D eigenvalue weighted by Gasteiger charge is -2.51. The molecule has 5 atom stereocenters. The molecule has 3 fully saturated rings. The number of rotatable bonds is 6. The number of hydrogen-bond acceptors (Lipinski definition) is 5. The molecule has 6 nitrogen and oxygen atoms in total. The number of hydrogen-bond donors (Lipinski definition) is 2. The van der Waals surface area contributed by atoms with Crippen molar-refractivity contribution in [1.29, 1.82) is 0 Å². The Balaban J connectivity index is 1.33. The second kappa shape index (κ2) is 9.25. The highest BCUT2D eigenvalue weighted by molar-refractivity contribution is 5.94. The van der Waals surface area contributed by atoms with Crippen LogP contribution in [-0.4, -0.2) is 67.0 Å². The van der Waals surface area contributed by atoms with Gasteiger partial charge in [0.05, 0.1) is 18.8 Å². The quantitative estimate of drug-likeness (QED) is 0.746. The van der Waals surface area contributed by atoms with Crippen molar-refractivity contribution in [3.8, 4) is 5.75 Å². The highest BCUT2D eigenvalue weighted by Gasteiger charge is 2.48. The lowest BCUT2D eigenvalue weighted by atomic mass is 9.60. The van der Waals surface area contributed by atoms with E-state index in [1.54, 1.807) is 0 Å². The van der Waals surface area contributed by atoms with Crippen LogP contribution in [0.25, 0.3) is 0 Å². The normalized spacial score (nSPS) is 34.4. The minimum atomic E-state index is -0.544. The van der Waals surface area contributed by atoms with E-state index in [4.69, 9.17) is 9.47 Å². The van der Waals surface area contributed by atoms with Crippen LogP contribution in [-0.2, 0) is 4.74 Å². The maximum absolute atomic E-state index is 13.0. The monoisotopic (exact) mass is 416 g/mol. The minimum absolute atomic E-state index is 0.0471. The van der Waals surface area contributed by atoms with Crippen molar-refractivity contribution >= 4 is 5.91 Å². The molecule has 166 valence electrons. The van der Waals surface area contributed by atoms with Crippen LogP contribution in [0.5, 0.6) is 5.75 Å². The van der Waals surface area contributed by atoms with Gasteiger partial charge >= 0.3 is 0 Å². The summed E-state index contributed by atoms with van der Waals surface area (Å²) < 4.78 is 11.3. The Bertz CT molecular complexity index is 732. The first-order valence-corrected chi connectivity index (χ1v) is 11.5. The van der Waals surface area contributed by atoms with Gasteiger partial charge < -0.3 is 19.9 Å². The van der Waals surface area contributed by atoms with Crippen molar-refractivity contribution in [2.45, 2.75) is 51.2 Å². The smallest absolute Gasteiger partial charge is 0.251 e. The summed E-state index contributed by atoms with van der Waals surface area (Å²) in [4.78, 5) is 15.3. The van der Waals surface area contributed by atoms with Gasteiger partial charge in [-0.1, -0.05) is 19.9 Å². The van der Waals surface area contributed by atoms with E-state index in [9.17, 15) is 9.90 Å². The van der Waals surface area contributed by atoms with Gasteiger partial charge in [0.1, 0.15) is 12.4 Å². The second-order valence-electron chi connectivity index (χ2n) is 9.74. The number of morpholine rings is 1. The number of fused-ring (bicyclic) bond motifs is 2. The van der Waals surface area contributed by atoms with Gasteiger partial charge in [-0.2, -0.15) is 0 Å². The van der Waals surface area contributed by atoms with Crippen LogP contribution >= 0.6 is 0 Å². The van der Waals surface area contributed by atoms with Crippen molar-refractivity contribution < 1.29 is 19.4 Å². The van der Waals surface area contributed by atoms with Gasteiger partial charge in [-0.25, -0.2) is 0 Å². The van der Waals surface area contributed by atoms with Crippen LogP contribution in [0.2, 0.25) is 0 Å². The highest BCUT2D eigenvalue weighted by Crippen LogP contribution is 2.47. The Morgan fingerprint density at radius 1 is 1.27 bits per heavy atom. The molecule has 5 unspecified atom stereocenters. The zero-order valence-electron chi connectivity index (χ0n) is 18.3. The Kier molecular flexibility index (Phi) is 6.66. The molecule has 2 saturated carbocycles. The third-order valence-electron chi connectivity index (χ3n) is 7.07. The van der Waals surface area contributed by atoms with Gasteiger partial charge in [0.15, 0.2) is 0 Å². The number of nitrogens with zero attached hydrogens (tertiary/aromatic N) is 1. The molecular weight excluding hydrogens is 380 g/mol. The van der Waals surface area contributed by atoms with E-state index < -0.39 is 5.60 Å². The summed E-state index contributed by atoms with van der Waals surface area (Å²) in [5, 5.41) is 14.2. The second-order valence-corrected chi connectivity index (χ2v) is 9.74. The summed E-state index contributed by atoms with van der Waals surface area (Å²) in [5.74, 6) is 1.81. The van der Waals surface area contributed by atoms with E-state index in [-0.39, 0.29) is 17.9 Å². The summed E-state index contributed by atoms with van der Waals surface area (Å²) >= 11 is 0. The molecule has 0 radical (unpaired) electrons. The molecule has 0 aromatic heterocycles. The summed E-state index contributed by atoms with van der Waals surface area (Å²) in [7, 11) is 0. The fraction of sp³-hybridized carbons (Fsp3) is 0.708. The molecule has 1 heterocycles. The molecule has 4 rings (SSSR count). The van der Waals surface area contributed by atoms with Crippen LogP contribution in [0.1, 0.15) is 49.9 Å². The Hall–Kier alpha value is -1.63. The van der Waals surface area contributed by atoms with Gasteiger partial charge in [-0.05, 0) is 61.6 Å². The Morgan fingerprint density at radius 2 is 2.07 bits per heavy atom. The SMILES string of the molecule is CC1CC2CC(O)(C1)CC(C)C2NC(=O)c1cccc(OCCN2CCOCC2)c1. The molecule has 1 aliphatic heterocycles. The molecule has 30 heavy (non-hydrogen) atoms. The number of ether oxygens (including phenoxy) is 2.